The van der Waals surface area contributed by atoms with Crippen molar-refractivity contribution in [1.29, 1.82) is 0 Å². The van der Waals surface area contributed by atoms with Gasteiger partial charge in [-0.2, -0.15) is 0 Å². The number of ether oxygens (including phenoxy) is 1. The molecule has 0 spiro atoms. The van der Waals surface area contributed by atoms with Crippen molar-refractivity contribution >= 4 is 23.6 Å². The van der Waals surface area contributed by atoms with E-state index in [-0.39, 0.29) is 5.82 Å². The van der Waals surface area contributed by atoms with Gasteiger partial charge in [-0.1, -0.05) is 28.9 Å². The van der Waals surface area contributed by atoms with Gasteiger partial charge in [0, 0.05) is 5.02 Å². The number of nitrogen functional groups attached to an aromatic ring is 1. The molecule has 0 aliphatic carbocycles. The van der Waals surface area contributed by atoms with E-state index in [1.807, 2.05) is 18.2 Å². The van der Waals surface area contributed by atoms with Crippen molar-refractivity contribution in [2.24, 2.45) is 5.16 Å². The van der Waals surface area contributed by atoms with Gasteiger partial charge in [-0.3, -0.25) is 0 Å². The van der Waals surface area contributed by atoms with Gasteiger partial charge in [0.15, 0.2) is 0 Å². The van der Waals surface area contributed by atoms with Gasteiger partial charge in [0.05, 0.1) is 6.21 Å². The fourth-order valence-corrected chi connectivity index (χ4v) is 1.73. The van der Waals surface area contributed by atoms with E-state index in [1.54, 1.807) is 6.07 Å². The fraction of sp³-hybridized carbons (Fsp3) is 0.154. The summed E-state index contributed by atoms with van der Waals surface area (Å²) in [6.45, 7) is 0.310. The van der Waals surface area contributed by atoms with E-state index in [1.165, 1.54) is 19.7 Å². The lowest BCUT2D eigenvalue weighted by atomic mass is 10.2. The number of oxime groups is 1. The van der Waals surface area contributed by atoms with Crippen LogP contribution in [0, 0.1) is 0 Å². The van der Waals surface area contributed by atoms with Gasteiger partial charge in [0.25, 0.3) is 0 Å². The molecule has 2 rings (SSSR count). The number of anilines is 1. The predicted octanol–water partition coefficient (Wildman–Crippen LogP) is 2.27. The van der Waals surface area contributed by atoms with Crippen LogP contribution in [0.5, 0.6) is 5.88 Å². The maximum Gasteiger partial charge on any atom is 0.228 e. The Balaban J connectivity index is 2.17. The number of hydrogen-bond donors (Lipinski definition) is 1. The molecule has 104 valence electrons. The van der Waals surface area contributed by atoms with Crippen LogP contribution in [0.15, 0.2) is 35.7 Å². The molecule has 1 heterocycles. The number of nitrogens with zero attached hydrogens (tertiary/aromatic N) is 3. The third-order valence-electron chi connectivity index (χ3n) is 2.43. The summed E-state index contributed by atoms with van der Waals surface area (Å²) in [6, 6.07) is 7.36. The maximum absolute atomic E-state index is 5.91. The molecular weight excluding hydrogens is 280 g/mol. The molecule has 2 aromatic rings. The van der Waals surface area contributed by atoms with Crippen molar-refractivity contribution in [3.63, 3.8) is 0 Å². The van der Waals surface area contributed by atoms with E-state index in [2.05, 4.69) is 20.0 Å². The first-order valence-electron chi connectivity index (χ1n) is 5.75. The van der Waals surface area contributed by atoms with E-state index in [0.29, 0.717) is 23.1 Å². The van der Waals surface area contributed by atoms with E-state index in [9.17, 15) is 0 Å². The van der Waals surface area contributed by atoms with E-state index >= 15 is 0 Å². The predicted molar refractivity (Wildman–Crippen MR) is 76.8 cm³/mol. The number of halogens is 1. The zero-order chi connectivity index (χ0) is 14.4. The largest absolute Gasteiger partial charge is 0.472 e. The monoisotopic (exact) mass is 292 g/mol. The highest BCUT2D eigenvalue weighted by Gasteiger charge is 2.09. The van der Waals surface area contributed by atoms with Crippen LogP contribution >= 0.6 is 11.6 Å². The van der Waals surface area contributed by atoms with Gasteiger partial charge in [0.2, 0.25) is 5.88 Å². The van der Waals surface area contributed by atoms with E-state index in [4.69, 9.17) is 22.1 Å². The maximum atomic E-state index is 5.91. The zero-order valence-electron chi connectivity index (χ0n) is 10.8. The third kappa shape index (κ3) is 3.58. The minimum atomic E-state index is 0.266. The van der Waals surface area contributed by atoms with Crippen LogP contribution in [0.4, 0.5) is 5.82 Å². The minimum absolute atomic E-state index is 0.266. The average molecular weight is 293 g/mol. The summed E-state index contributed by atoms with van der Waals surface area (Å²) in [6.07, 6.45) is 2.73. The van der Waals surface area contributed by atoms with Crippen LogP contribution in [-0.4, -0.2) is 23.3 Å². The van der Waals surface area contributed by atoms with Gasteiger partial charge in [-0.15, -0.1) is 0 Å². The highest BCUT2D eigenvalue weighted by molar-refractivity contribution is 6.30. The number of benzene rings is 1. The molecule has 0 atom stereocenters. The standard InChI is InChI=1S/C13H13ClN4O2/c1-19-18-6-11-12(15)16-8-17-13(11)20-7-9-3-2-4-10(14)5-9/h2-6,8H,7H2,1H3,(H2,15,16,17)/b18-6-. The quantitative estimate of drug-likeness (QED) is 0.675. The minimum Gasteiger partial charge on any atom is -0.472 e. The molecule has 6 nitrogen and oxygen atoms in total. The summed E-state index contributed by atoms with van der Waals surface area (Å²) in [5.74, 6) is 0.597. The van der Waals surface area contributed by atoms with Crippen molar-refractivity contribution < 1.29 is 9.57 Å². The average Bonchev–Trinajstić information content (AvgIpc) is 2.44. The molecule has 7 heteroatoms. The molecule has 0 saturated heterocycles. The molecule has 1 aromatic carbocycles. The number of rotatable bonds is 5. The van der Waals surface area contributed by atoms with Crippen molar-refractivity contribution in [2.75, 3.05) is 12.8 Å². The molecular formula is C13H13ClN4O2. The molecule has 2 N–H and O–H groups in total. The molecule has 0 aliphatic rings. The van der Waals surface area contributed by atoms with Gasteiger partial charge < -0.3 is 15.3 Å². The molecule has 0 amide bonds. The highest BCUT2D eigenvalue weighted by atomic mass is 35.5. The Kier molecular flexibility index (Phi) is 4.73. The van der Waals surface area contributed by atoms with E-state index in [0.717, 1.165) is 5.56 Å². The molecule has 0 unspecified atom stereocenters. The third-order valence-corrected chi connectivity index (χ3v) is 2.67. The molecule has 0 aliphatic heterocycles. The van der Waals surface area contributed by atoms with Crippen LogP contribution in [0.2, 0.25) is 5.02 Å². The summed E-state index contributed by atoms with van der Waals surface area (Å²) in [7, 11) is 1.43. The Labute approximate surface area is 121 Å². The van der Waals surface area contributed by atoms with Crippen molar-refractivity contribution in [1.82, 2.24) is 9.97 Å². The fourth-order valence-electron chi connectivity index (χ4n) is 1.51. The van der Waals surface area contributed by atoms with Gasteiger partial charge in [-0.25, -0.2) is 9.97 Å². The normalized spacial score (nSPS) is 10.7. The topological polar surface area (TPSA) is 82.6 Å². The summed E-state index contributed by atoms with van der Waals surface area (Å²) in [4.78, 5) is 12.5. The second kappa shape index (κ2) is 6.72. The zero-order valence-corrected chi connectivity index (χ0v) is 11.5. The highest BCUT2D eigenvalue weighted by Crippen LogP contribution is 2.19. The number of hydrogen-bond acceptors (Lipinski definition) is 6. The van der Waals surface area contributed by atoms with E-state index < -0.39 is 0 Å². The summed E-state index contributed by atoms with van der Waals surface area (Å²) in [5.41, 5.74) is 7.15. The van der Waals surface area contributed by atoms with Crippen LogP contribution in [0.25, 0.3) is 0 Å². The smallest absolute Gasteiger partial charge is 0.228 e. The lowest BCUT2D eigenvalue weighted by Gasteiger charge is -2.09. The van der Waals surface area contributed by atoms with Crippen LogP contribution in [0.3, 0.4) is 0 Å². The lowest BCUT2D eigenvalue weighted by Crippen LogP contribution is -2.05. The Morgan fingerprint density at radius 3 is 3.00 bits per heavy atom. The van der Waals surface area contributed by atoms with Crippen LogP contribution in [0.1, 0.15) is 11.1 Å². The van der Waals surface area contributed by atoms with Crippen molar-refractivity contribution in [3.05, 3.63) is 46.7 Å². The number of nitrogens with two attached hydrogens (primary N) is 1. The Hall–Kier alpha value is -2.34. The van der Waals surface area contributed by atoms with Gasteiger partial charge in [-0.05, 0) is 17.7 Å². The first kappa shape index (κ1) is 14.1. The van der Waals surface area contributed by atoms with Crippen molar-refractivity contribution in [2.45, 2.75) is 6.61 Å². The van der Waals surface area contributed by atoms with Crippen molar-refractivity contribution in [3.8, 4) is 5.88 Å². The Morgan fingerprint density at radius 1 is 1.40 bits per heavy atom. The molecule has 0 radical (unpaired) electrons. The Bertz CT molecular complexity index is 619. The SMILES string of the molecule is CO/N=C\c1c(N)ncnc1OCc1cccc(Cl)c1. The summed E-state index contributed by atoms with van der Waals surface area (Å²) in [5, 5.41) is 4.29. The second-order valence-electron chi connectivity index (χ2n) is 3.81. The molecule has 0 bridgehead atoms. The molecule has 0 fully saturated rings. The van der Waals surface area contributed by atoms with Gasteiger partial charge >= 0.3 is 0 Å². The lowest BCUT2D eigenvalue weighted by molar-refractivity contribution is 0.215. The first-order chi connectivity index (χ1) is 9.70. The summed E-state index contributed by atoms with van der Waals surface area (Å²) >= 11 is 5.91. The van der Waals surface area contributed by atoms with Crippen LogP contribution in [-0.2, 0) is 11.4 Å². The molecule has 0 saturated carbocycles. The molecule has 1 aromatic heterocycles. The Morgan fingerprint density at radius 2 is 2.25 bits per heavy atom. The first-order valence-corrected chi connectivity index (χ1v) is 6.12. The number of aromatic nitrogens is 2. The summed E-state index contributed by atoms with van der Waals surface area (Å²) < 4.78 is 5.62. The second-order valence-corrected chi connectivity index (χ2v) is 4.25. The van der Waals surface area contributed by atoms with Crippen LogP contribution < -0.4 is 10.5 Å². The molecule has 20 heavy (non-hydrogen) atoms. The van der Waals surface area contributed by atoms with Gasteiger partial charge in [0.1, 0.15) is 31.4 Å².